The number of nitrogens with zero attached hydrogens (tertiary/aromatic N) is 1. The number of hydrogen-bond donors (Lipinski definition) is 1. The molecule has 1 aliphatic carbocycles. The molecule has 1 amide bonds. The summed E-state index contributed by atoms with van der Waals surface area (Å²) in [7, 11) is 0. The molecule has 2 rings (SSSR count). The van der Waals surface area contributed by atoms with Gasteiger partial charge in [0.25, 0.3) is 0 Å². The molecule has 0 aromatic heterocycles. The van der Waals surface area contributed by atoms with Crippen LogP contribution in [0.2, 0.25) is 0 Å². The number of thioether (sulfide) groups is 1. The van der Waals surface area contributed by atoms with E-state index in [0.29, 0.717) is 11.8 Å². The van der Waals surface area contributed by atoms with Gasteiger partial charge in [-0.2, -0.15) is 11.8 Å². The first kappa shape index (κ1) is 12.2. The van der Waals surface area contributed by atoms with Gasteiger partial charge in [0.15, 0.2) is 0 Å². The molecule has 2 aliphatic rings. The van der Waals surface area contributed by atoms with Gasteiger partial charge in [0.1, 0.15) is 0 Å². The first-order valence-corrected chi connectivity index (χ1v) is 7.60. The van der Waals surface area contributed by atoms with Gasteiger partial charge in [0.2, 0.25) is 5.91 Å². The van der Waals surface area contributed by atoms with Crippen LogP contribution in [0.3, 0.4) is 0 Å². The van der Waals surface area contributed by atoms with Crippen molar-refractivity contribution in [2.75, 3.05) is 18.6 Å². The summed E-state index contributed by atoms with van der Waals surface area (Å²) in [4.78, 5) is 14.3. The summed E-state index contributed by atoms with van der Waals surface area (Å²) in [5.41, 5.74) is -0.139. The average Bonchev–Trinajstić information content (AvgIpc) is 2.98. The van der Waals surface area contributed by atoms with Crippen LogP contribution in [0.5, 0.6) is 0 Å². The summed E-state index contributed by atoms with van der Waals surface area (Å²) in [5.74, 6) is 2.07. The fourth-order valence-electron chi connectivity index (χ4n) is 2.56. The highest BCUT2D eigenvalue weighted by molar-refractivity contribution is 7.98. The van der Waals surface area contributed by atoms with E-state index in [-0.39, 0.29) is 11.7 Å². The molecule has 0 aromatic carbocycles. The van der Waals surface area contributed by atoms with E-state index in [1.165, 1.54) is 0 Å². The van der Waals surface area contributed by atoms with Gasteiger partial charge in [0.05, 0.1) is 11.7 Å². The highest BCUT2D eigenvalue weighted by atomic mass is 32.2. The van der Waals surface area contributed by atoms with Gasteiger partial charge in [0, 0.05) is 6.54 Å². The molecule has 0 radical (unpaired) electrons. The zero-order valence-electron chi connectivity index (χ0n) is 10.5. The van der Waals surface area contributed by atoms with Crippen molar-refractivity contribution in [3.8, 4) is 0 Å². The topological polar surface area (TPSA) is 32.3 Å². The predicted octanol–water partition coefficient (Wildman–Crippen LogP) is 1.69. The molecule has 1 aliphatic heterocycles. The Kier molecular flexibility index (Phi) is 3.50. The SMILES string of the molecule is CCC1NC2(CC2)C(=O)N1CC(C)CSC. The lowest BCUT2D eigenvalue weighted by atomic mass is 10.2. The molecule has 0 aromatic rings. The smallest absolute Gasteiger partial charge is 0.244 e. The van der Waals surface area contributed by atoms with Crippen molar-refractivity contribution in [1.82, 2.24) is 10.2 Å². The lowest BCUT2D eigenvalue weighted by Crippen LogP contribution is -2.39. The summed E-state index contributed by atoms with van der Waals surface area (Å²) >= 11 is 1.86. The van der Waals surface area contributed by atoms with Crippen molar-refractivity contribution in [3.63, 3.8) is 0 Å². The van der Waals surface area contributed by atoms with E-state index in [1.54, 1.807) is 0 Å². The van der Waals surface area contributed by atoms with Gasteiger partial charge in [-0.05, 0) is 37.2 Å². The van der Waals surface area contributed by atoms with Crippen LogP contribution in [-0.2, 0) is 4.79 Å². The molecule has 0 bridgehead atoms. The van der Waals surface area contributed by atoms with Crippen LogP contribution in [0.4, 0.5) is 0 Å². The third kappa shape index (κ3) is 2.09. The van der Waals surface area contributed by atoms with E-state index in [0.717, 1.165) is 31.6 Å². The minimum atomic E-state index is -0.139. The number of amides is 1. The van der Waals surface area contributed by atoms with Crippen molar-refractivity contribution in [2.45, 2.75) is 44.8 Å². The molecule has 1 N–H and O–H groups in total. The lowest BCUT2D eigenvalue weighted by Gasteiger charge is -2.26. The number of nitrogens with one attached hydrogen (secondary N) is 1. The Morgan fingerprint density at radius 2 is 2.31 bits per heavy atom. The Bertz CT molecular complexity index is 278. The quantitative estimate of drug-likeness (QED) is 0.796. The minimum Gasteiger partial charge on any atom is -0.325 e. The largest absolute Gasteiger partial charge is 0.325 e. The highest BCUT2D eigenvalue weighted by Gasteiger charge is 2.58. The zero-order chi connectivity index (χ0) is 11.8. The van der Waals surface area contributed by atoms with Crippen molar-refractivity contribution in [2.24, 2.45) is 5.92 Å². The molecule has 92 valence electrons. The number of carbonyl (C=O) groups is 1. The summed E-state index contributed by atoms with van der Waals surface area (Å²) in [5, 5.41) is 3.51. The van der Waals surface area contributed by atoms with Gasteiger partial charge in [-0.3, -0.25) is 10.1 Å². The molecule has 16 heavy (non-hydrogen) atoms. The van der Waals surface area contributed by atoms with Gasteiger partial charge in [-0.1, -0.05) is 13.8 Å². The second-order valence-electron chi connectivity index (χ2n) is 5.17. The van der Waals surface area contributed by atoms with E-state index < -0.39 is 0 Å². The molecule has 3 nitrogen and oxygen atoms in total. The summed E-state index contributed by atoms with van der Waals surface area (Å²) in [6.07, 6.45) is 5.49. The maximum absolute atomic E-state index is 12.3. The average molecular weight is 242 g/mol. The van der Waals surface area contributed by atoms with Crippen LogP contribution in [-0.4, -0.2) is 41.1 Å². The zero-order valence-corrected chi connectivity index (χ0v) is 11.3. The van der Waals surface area contributed by atoms with Crippen LogP contribution < -0.4 is 5.32 Å². The Morgan fingerprint density at radius 3 is 2.81 bits per heavy atom. The van der Waals surface area contributed by atoms with Crippen molar-refractivity contribution in [3.05, 3.63) is 0 Å². The first-order valence-electron chi connectivity index (χ1n) is 6.20. The molecule has 2 fully saturated rings. The molecule has 1 saturated heterocycles. The number of carbonyl (C=O) groups excluding carboxylic acids is 1. The highest BCUT2D eigenvalue weighted by Crippen LogP contribution is 2.42. The molecular weight excluding hydrogens is 220 g/mol. The number of hydrogen-bond acceptors (Lipinski definition) is 3. The Hall–Kier alpha value is -0.220. The van der Waals surface area contributed by atoms with Crippen LogP contribution in [0.15, 0.2) is 0 Å². The van der Waals surface area contributed by atoms with E-state index in [4.69, 9.17) is 0 Å². The third-order valence-electron chi connectivity index (χ3n) is 3.59. The Balaban J connectivity index is 1.98. The van der Waals surface area contributed by atoms with Crippen LogP contribution >= 0.6 is 11.8 Å². The molecule has 1 saturated carbocycles. The fraction of sp³-hybridized carbons (Fsp3) is 0.917. The van der Waals surface area contributed by atoms with Crippen molar-refractivity contribution >= 4 is 17.7 Å². The van der Waals surface area contributed by atoms with E-state index in [2.05, 4.69) is 30.3 Å². The summed E-state index contributed by atoms with van der Waals surface area (Å²) < 4.78 is 0. The minimum absolute atomic E-state index is 0.139. The lowest BCUT2D eigenvalue weighted by molar-refractivity contribution is -0.131. The van der Waals surface area contributed by atoms with E-state index in [9.17, 15) is 4.79 Å². The van der Waals surface area contributed by atoms with E-state index >= 15 is 0 Å². The second-order valence-corrected chi connectivity index (χ2v) is 6.08. The second kappa shape index (κ2) is 4.57. The Labute approximate surface area is 102 Å². The summed E-state index contributed by atoms with van der Waals surface area (Å²) in [6.45, 7) is 5.29. The summed E-state index contributed by atoms with van der Waals surface area (Å²) in [6, 6.07) is 0. The van der Waals surface area contributed by atoms with Crippen LogP contribution in [0.1, 0.15) is 33.1 Å². The van der Waals surface area contributed by atoms with Gasteiger partial charge >= 0.3 is 0 Å². The fourth-order valence-corrected chi connectivity index (χ4v) is 3.24. The normalized spacial score (nSPS) is 28.8. The predicted molar refractivity (Wildman–Crippen MR) is 68.4 cm³/mol. The molecule has 1 heterocycles. The maximum atomic E-state index is 12.3. The molecule has 4 heteroatoms. The number of rotatable bonds is 5. The van der Waals surface area contributed by atoms with Crippen molar-refractivity contribution < 1.29 is 4.79 Å². The molecule has 1 spiro atoms. The van der Waals surface area contributed by atoms with Crippen LogP contribution in [0, 0.1) is 5.92 Å². The van der Waals surface area contributed by atoms with E-state index in [1.807, 2.05) is 11.8 Å². The molecule has 2 unspecified atom stereocenters. The third-order valence-corrected chi connectivity index (χ3v) is 4.49. The van der Waals surface area contributed by atoms with Gasteiger partial charge in [-0.25, -0.2) is 0 Å². The van der Waals surface area contributed by atoms with Gasteiger partial charge < -0.3 is 4.90 Å². The maximum Gasteiger partial charge on any atom is 0.244 e. The molecular formula is C12H22N2OS. The Morgan fingerprint density at radius 1 is 1.62 bits per heavy atom. The monoisotopic (exact) mass is 242 g/mol. The van der Waals surface area contributed by atoms with Crippen LogP contribution in [0.25, 0.3) is 0 Å². The standard InChI is InChI=1S/C12H22N2OS/c1-4-10-13-12(5-6-12)11(15)14(10)7-9(2)8-16-3/h9-10,13H,4-8H2,1-3H3. The van der Waals surface area contributed by atoms with Crippen molar-refractivity contribution in [1.29, 1.82) is 0 Å². The molecule has 2 atom stereocenters. The van der Waals surface area contributed by atoms with Gasteiger partial charge in [-0.15, -0.1) is 0 Å². The first-order chi connectivity index (χ1) is 7.63.